The van der Waals surface area contributed by atoms with Gasteiger partial charge >= 0.3 is 6.03 Å². The number of anilines is 1. The molecule has 0 bridgehead atoms. The van der Waals surface area contributed by atoms with Gasteiger partial charge in [-0.2, -0.15) is 15.4 Å². The van der Waals surface area contributed by atoms with Crippen molar-refractivity contribution in [1.29, 1.82) is 0 Å². The Kier molecular flexibility index (Phi) is 5.27. The molecule has 130 valence electrons. The summed E-state index contributed by atoms with van der Waals surface area (Å²) in [5.41, 5.74) is 2.21. The van der Waals surface area contributed by atoms with E-state index >= 15 is 0 Å². The third-order valence-corrected chi connectivity index (χ3v) is 4.12. The van der Waals surface area contributed by atoms with E-state index in [2.05, 4.69) is 25.6 Å². The molecule has 3 rings (SSSR count). The summed E-state index contributed by atoms with van der Waals surface area (Å²) in [6.07, 6.45) is 2.21. The Balaban J connectivity index is 1.66. The molecule has 2 amide bonds. The van der Waals surface area contributed by atoms with E-state index in [9.17, 15) is 4.79 Å². The van der Waals surface area contributed by atoms with E-state index in [1.807, 2.05) is 37.2 Å². The van der Waals surface area contributed by atoms with Crippen LogP contribution in [0.3, 0.4) is 0 Å². The molecule has 2 heterocycles. The zero-order valence-electron chi connectivity index (χ0n) is 14.2. The molecule has 1 aromatic carbocycles. The van der Waals surface area contributed by atoms with Gasteiger partial charge in [-0.25, -0.2) is 4.79 Å². The molecule has 0 unspecified atom stereocenters. The smallest absolute Gasteiger partial charge is 0.321 e. The molecule has 1 aliphatic rings. The first kappa shape index (κ1) is 16.7. The minimum atomic E-state index is -0.116. The molecule has 2 aromatic rings. The minimum Gasteiger partial charge on any atom is -0.376 e. The van der Waals surface area contributed by atoms with E-state index in [-0.39, 0.29) is 12.1 Å². The number of carbonyl (C=O) groups excluding carboxylic acids is 1. The van der Waals surface area contributed by atoms with E-state index in [1.165, 1.54) is 0 Å². The van der Waals surface area contributed by atoms with E-state index in [4.69, 9.17) is 4.74 Å². The van der Waals surface area contributed by atoms with Gasteiger partial charge in [-0.1, -0.05) is 0 Å². The Bertz CT molecular complexity index is 680. The molecule has 1 aromatic heterocycles. The lowest BCUT2D eigenvalue weighted by atomic mass is 10.2. The Morgan fingerprint density at radius 1 is 1.33 bits per heavy atom. The molecule has 0 spiro atoms. The van der Waals surface area contributed by atoms with Gasteiger partial charge in [-0.05, 0) is 45.1 Å². The van der Waals surface area contributed by atoms with Crippen LogP contribution in [0.2, 0.25) is 0 Å². The standard InChI is InChI=1S/C16H24N6O2/c1-21(2)7-8-22(11-13-4-3-9-24-13)16(23)17-12-5-6-14-15(10-12)19-20-18-14/h5-6,10,13H,3-4,7-9,11H2,1-2H3,(H,17,23)(H,18,19,20)/t13-/m1/s1. The number of hydrogen-bond acceptors (Lipinski definition) is 5. The van der Waals surface area contributed by atoms with Crippen molar-refractivity contribution in [3.05, 3.63) is 18.2 Å². The number of aromatic nitrogens is 3. The van der Waals surface area contributed by atoms with Crippen molar-refractivity contribution in [2.75, 3.05) is 45.7 Å². The molecule has 8 heteroatoms. The number of H-pyrrole nitrogens is 1. The summed E-state index contributed by atoms with van der Waals surface area (Å²) in [6.45, 7) is 2.87. The maximum Gasteiger partial charge on any atom is 0.321 e. The number of likely N-dealkylation sites (N-methyl/N-ethyl adjacent to an activating group) is 1. The van der Waals surface area contributed by atoms with Crippen LogP contribution in [-0.4, -0.2) is 77.7 Å². The highest BCUT2D eigenvalue weighted by molar-refractivity contribution is 5.91. The second-order valence-electron chi connectivity index (χ2n) is 6.34. The number of carbonyl (C=O) groups is 1. The lowest BCUT2D eigenvalue weighted by molar-refractivity contribution is 0.0820. The second-order valence-corrected chi connectivity index (χ2v) is 6.34. The first-order valence-corrected chi connectivity index (χ1v) is 8.24. The number of fused-ring (bicyclic) bond motifs is 1. The summed E-state index contributed by atoms with van der Waals surface area (Å²) in [4.78, 5) is 16.6. The maximum atomic E-state index is 12.7. The van der Waals surface area contributed by atoms with Gasteiger partial charge in [0.05, 0.1) is 6.10 Å². The Morgan fingerprint density at radius 2 is 2.17 bits per heavy atom. The van der Waals surface area contributed by atoms with Gasteiger partial charge in [-0.15, -0.1) is 0 Å². The fourth-order valence-corrected chi connectivity index (χ4v) is 2.75. The Labute approximate surface area is 141 Å². The minimum absolute atomic E-state index is 0.116. The van der Waals surface area contributed by atoms with Gasteiger partial charge in [-0.3, -0.25) is 0 Å². The van der Waals surface area contributed by atoms with Crippen LogP contribution >= 0.6 is 0 Å². The van der Waals surface area contributed by atoms with Crippen LogP contribution in [0.4, 0.5) is 10.5 Å². The average Bonchev–Trinajstić information content (AvgIpc) is 3.21. The van der Waals surface area contributed by atoms with Crippen LogP contribution in [0.5, 0.6) is 0 Å². The van der Waals surface area contributed by atoms with Crippen LogP contribution in [-0.2, 0) is 4.74 Å². The quantitative estimate of drug-likeness (QED) is 0.838. The van der Waals surface area contributed by atoms with Crippen LogP contribution in [0.15, 0.2) is 18.2 Å². The summed E-state index contributed by atoms with van der Waals surface area (Å²) >= 11 is 0. The van der Waals surface area contributed by atoms with Gasteiger partial charge in [0.15, 0.2) is 0 Å². The van der Waals surface area contributed by atoms with Crippen molar-refractivity contribution in [2.45, 2.75) is 18.9 Å². The summed E-state index contributed by atoms with van der Waals surface area (Å²) in [7, 11) is 4.00. The second kappa shape index (κ2) is 7.59. The predicted octanol–water partition coefficient (Wildman–Crippen LogP) is 1.53. The van der Waals surface area contributed by atoms with Gasteiger partial charge in [0.1, 0.15) is 11.0 Å². The lowest BCUT2D eigenvalue weighted by Crippen LogP contribution is -2.43. The van der Waals surface area contributed by atoms with E-state index in [1.54, 1.807) is 0 Å². The number of benzene rings is 1. The zero-order chi connectivity index (χ0) is 16.9. The maximum absolute atomic E-state index is 12.7. The van der Waals surface area contributed by atoms with Gasteiger partial charge < -0.3 is 19.9 Å². The number of aromatic amines is 1. The third kappa shape index (κ3) is 4.21. The van der Waals surface area contributed by atoms with Crippen molar-refractivity contribution >= 4 is 22.8 Å². The van der Waals surface area contributed by atoms with Gasteiger partial charge in [0.25, 0.3) is 0 Å². The topological polar surface area (TPSA) is 86.4 Å². The van der Waals surface area contributed by atoms with Gasteiger partial charge in [0.2, 0.25) is 0 Å². The Hall–Kier alpha value is -2.19. The highest BCUT2D eigenvalue weighted by atomic mass is 16.5. The molecule has 0 saturated carbocycles. The lowest BCUT2D eigenvalue weighted by Gasteiger charge is -2.27. The fourth-order valence-electron chi connectivity index (χ4n) is 2.75. The number of ether oxygens (including phenoxy) is 1. The fraction of sp³-hybridized carbons (Fsp3) is 0.562. The number of urea groups is 1. The molecule has 1 aliphatic heterocycles. The largest absolute Gasteiger partial charge is 0.376 e. The van der Waals surface area contributed by atoms with Crippen LogP contribution in [0, 0.1) is 0 Å². The monoisotopic (exact) mass is 332 g/mol. The number of nitrogens with one attached hydrogen (secondary N) is 2. The van der Waals surface area contributed by atoms with Crippen LogP contribution in [0.1, 0.15) is 12.8 Å². The van der Waals surface area contributed by atoms with Crippen molar-refractivity contribution in [1.82, 2.24) is 25.2 Å². The molecule has 0 aliphatic carbocycles. The summed E-state index contributed by atoms with van der Waals surface area (Å²) in [5, 5.41) is 13.6. The molecular formula is C16H24N6O2. The third-order valence-electron chi connectivity index (χ3n) is 4.12. The molecule has 2 N–H and O–H groups in total. The van der Waals surface area contributed by atoms with Crippen LogP contribution in [0.25, 0.3) is 11.0 Å². The summed E-state index contributed by atoms with van der Waals surface area (Å²) in [5.74, 6) is 0. The molecule has 1 fully saturated rings. The average molecular weight is 332 g/mol. The first-order valence-electron chi connectivity index (χ1n) is 8.24. The number of rotatable bonds is 6. The van der Waals surface area contributed by atoms with Crippen molar-refractivity contribution < 1.29 is 9.53 Å². The number of hydrogen-bond donors (Lipinski definition) is 2. The summed E-state index contributed by atoms with van der Waals surface area (Å²) < 4.78 is 5.68. The van der Waals surface area contributed by atoms with Gasteiger partial charge in [0, 0.05) is 31.9 Å². The normalized spacial score (nSPS) is 17.5. The summed E-state index contributed by atoms with van der Waals surface area (Å²) in [6, 6.07) is 5.36. The molecule has 1 saturated heterocycles. The van der Waals surface area contributed by atoms with Crippen molar-refractivity contribution in [3.63, 3.8) is 0 Å². The van der Waals surface area contributed by atoms with E-state index in [0.717, 1.165) is 37.0 Å². The number of amides is 2. The Morgan fingerprint density at radius 3 is 2.92 bits per heavy atom. The van der Waals surface area contributed by atoms with E-state index < -0.39 is 0 Å². The number of nitrogens with zero attached hydrogens (tertiary/aromatic N) is 4. The molecule has 24 heavy (non-hydrogen) atoms. The van der Waals surface area contributed by atoms with Crippen LogP contribution < -0.4 is 5.32 Å². The zero-order valence-corrected chi connectivity index (χ0v) is 14.2. The molecule has 1 atom stereocenters. The predicted molar refractivity (Wildman–Crippen MR) is 92.0 cm³/mol. The highest BCUT2D eigenvalue weighted by Crippen LogP contribution is 2.17. The molecular weight excluding hydrogens is 308 g/mol. The molecule has 0 radical (unpaired) electrons. The van der Waals surface area contributed by atoms with Crippen molar-refractivity contribution in [2.24, 2.45) is 0 Å². The van der Waals surface area contributed by atoms with Crippen molar-refractivity contribution in [3.8, 4) is 0 Å². The van der Waals surface area contributed by atoms with E-state index in [0.29, 0.717) is 18.8 Å². The SMILES string of the molecule is CN(C)CCN(C[C@H]1CCCO1)C(=O)Nc1ccc2n[nH]nc2c1. The first-order chi connectivity index (χ1) is 11.6. The molecule has 8 nitrogen and oxygen atoms in total. The highest BCUT2D eigenvalue weighted by Gasteiger charge is 2.22.